The molecule has 3 rings (SSSR count). The smallest absolute Gasteiger partial charge is 0.191 e. The molecule has 1 aliphatic heterocycles. The molecule has 1 saturated heterocycles. The van der Waals surface area contributed by atoms with Gasteiger partial charge in [0, 0.05) is 18.6 Å². The minimum Gasteiger partial charge on any atom is -0.354 e. The minimum atomic E-state index is -2.80. The lowest BCUT2D eigenvalue weighted by Gasteiger charge is -2.25. The first kappa shape index (κ1) is 19.3. The predicted molar refractivity (Wildman–Crippen MR) is 105 cm³/mol. The predicted octanol–water partition coefficient (Wildman–Crippen LogP) is 2.32. The van der Waals surface area contributed by atoms with Gasteiger partial charge in [-0.25, -0.2) is 8.42 Å². The van der Waals surface area contributed by atoms with Crippen LogP contribution in [0.15, 0.2) is 4.99 Å². The first-order valence-corrected chi connectivity index (χ1v) is 10.6. The van der Waals surface area contributed by atoms with E-state index in [2.05, 4.69) is 17.6 Å². The second-order valence-electron chi connectivity index (χ2n) is 7.40. The fourth-order valence-corrected chi connectivity index (χ4v) is 5.36. The first-order chi connectivity index (χ1) is 10.5. The summed E-state index contributed by atoms with van der Waals surface area (Å²) in [5, 5.41) is 7.10. The van der Waals surface area contributed by atoms with Crippen molar-refractivity contribution >= 4 is 39.8 Å². The molecule has 2 aliphatic carbocycles. The van der Waals surface area contributed by atoms with Crippen molar-refractivity contribution < 1.29 is 8.42 Å². The lowest BCUT2D eigenvalue weighted by atomic mass is 9.96. The molecule has 0 amide bonds. The van der Waals surface area contributed by atoms with Gasteiger partial charge in [0.1, 0.15) is 0 Å². The van der Waals surface area contributed by atoms with Gasteiger partial charge in [-0.05, 0) is 37.5 Å². The first-order valence-electron chi connectivity index (χ1n) is 8.80. The van der Waals surface area contributed by atoms with Crippen molar-refractivity contribution in [2.24, 2.45) is 16.8 Å². The quantitative estimate of drug-likeness (QED) is 0.388. The number of halogens is 1. The molecule has 1 heterocycles. The zero-order valence-electron chi connectivity index (χ0n) is 14.0. The van der Waals surface area contributed by atoms with Crippen molar-refractivity contribution in [2.45, 2.75) is 64.0 Å². The lowest BCUT2D eigenvalue weighted by Crippen LogP contribution is -2.45. The average molecular weight is 455 g/mol. The molecule has 3 fully saturated rings. The fourth-order valence-electron chi connectivity index (χ4n) is 3.51. The molecule has 0 aromatic carbocycles. The zero-order valence-corrected chi connectivity index (χ0v) is 17.1. The number of rotatable bonds is 4. The lowest BCUT2D eigenvalue weighted by molar-refractivity contribution is 0.409. The summed E-state index contributed by atoms with van der Waals surface area (Å²) in [6.45, 7) is 2.88. The number of guanidine groups is 1. The Kier molecular flexibility index (Phi) is 7.01. The van der Waals surface area contributed by atoms with Crippen LogP contribution in [0, 0.1) is 11.8 Å². The van der Waals surface area contributed by atoms with Crippen LogP contribution in [0.1, 0.15) is 51.9 Å². The van der Waals surface area contributed by atoms with Crippen LogP contribution in [0.4, 0.5) is 0 Å². The molecule has 134 valence electrons. The maximum atomic E-state index is 11.6. The van der Waals surface area contributed by atoms with E-state index in [9.17, 15) is 8.42 Å². The molecular formula is C16H30IN3O2S. The molecule has 2 N–H and O–H groups in total. The van der Waals surface area contributed by atoms with E-state index in [1.807, 2.05) is 0 Å². The van der Waals surface area contributed by atoms with Gasteiger partial charge in [-0.1, -0.05) is 26.2 Å². The van der Waals surface area contributed by atoms with Crippen molar-refractivity contribution in [3.05, 3.63) is 0 Å². The van der Waals surface area contributed by atoms with Gasteiger partial charge in [0.15, 0.2) is 15.8 Å². The second kappa shape index (κ2) is 8.36. The maximum Gasteiger partial charge on any atom is 0.191 e. The maximum absolute atomic E-state index is 11.6. The van der Waals surface area contributed by atoms with Crippen molar-refractivity contribution in [1.82, 2.24) is 10.6 Å². The van der Waals surface area contributed by atoms with Gasteiger partial charge in [-0.3, -0.25) is 4.99 Å². The Labute approximate surface area is 157 Å². The molecule has 3 aliphatic rings. The van der Waals surface area contributed by atoms with Gasteiger partial charge >= 0.3 is 0 Å². The summed E-state index contributed by atoms with van der Waals surface area (Å²) in [6, 6.07) is 1.07. The van der Waals surface area contributed by atoms with E-state index >= 15 is 0 Å². The van der Waals surface area contributed by atoms with Gasteiger partial charge < -0.3 is 10.6 Å². The third-order valence-corrected chi connectivity index (χ3v) is 7.05. The molecule has 2 saturated carbocycles. The molecule has 5 nitrogen and oxygen atoms in total. The van der Waals surface area contributed by atoms with Crippen LogP contribution in [0.5, 0.6) is 0 Å². The SMILES string of the molecule is CC1CC1NC(=NCC1CCS(=O)(=O)C1)NC1CCCCC1.I. The molecule has 0 spiro atoms. The van der Waals surface area contributed by atoms with Gasteiger partial charge in [-0.15, -0.1) is 24.0 Å². The topological polar surface area (TPSA) is 70.6 Å². The second-order valence-corrected chi connectivity index (χ2v) is 9.63. The molecule has 3 unspecified atom stereocenters. The number of hydrogen-bond acceptors (Lipinski definition) is 3. The van der Waals surface area contributed by atoms with Crippen LogP contribution in [0.3, 0.4) is 0 Å². The molecule has 0 bridgehead atoms. The third kappa shape index (κ3) is 6.07. The number of nitrogens with one attached hydrogen (secondary N) is 2. The standard InChI is InChI=1S/C16H29N3O2S.HI/c1-12-9-15(12)19-16(18-14-5-3-2-4-6-14)17-10-13-7-8-22(20,21)11-13;/h12-15H,2-11H2,1H3,(H2,17,18,19);1H. The molecular weight excluding hydrogens is 425 g/mol. The van der Waals surface area contributed by atoms with Crippen LogP contribution in [0.2, 0.25) is 0 Å². The van der Waals surface area contributed by atoms with E-state index in [0.717, 1.165) is 18.3 Å². The van der Waals surface area contributed by atoms with Crippen LogP contribution < -0.4 is 10.6 Å². The van der Waals surface area contributed by atoms with Gasteiger partial charge in [0.25, 0.3) is 0 Å². The Balaban J connectivity index is 0.00000192. The summed E-state index contributed by atoms with van der Waals surface area (Å²) in [4.78, 5) is 4.71. The Bertz CT molecular complexity index is 517. The summed E-state index contributed by atoms with van der Waals surface area (Å²) in [5.74, 6) is 2.49. The molecule has 23 heavy (non-hydrogen) atoms. The normalized spacial score (nSPS) is 33.8. The third-order valence-electron chi connectivity index (χ3n) is 5.21. The van der Waals surface area contributed by atoms with E-state index in [4.69, 9.17) is 4.99 Å². The van der Waals surface area contributed by atoms with E-state index in [1.54, 1.807) is 0 Å². The van der Waals surface area contributed by atoms with Crippen LogP contribution in [-0.4, -0.2) is 44.5 Å². The monoisotopic (exact) mass is 455 g/mol. The Morgan fingerprint density at radius 1 is 1.13 bits per heavy atom. The summed E-state index contributed by atoms with van der Waals surface area (Å²) < 4.78 is 23.1. The van der Waals surface area contributed by atoms with Crippen LogP contribution >= 0.6 is 24.0 Å². The summed E-state index contributed by atoms with van der Waals surface area (Å²) >= 11 is 0. The highest BCUT2D eigenvalue weighted by Crippen LogP contribution is 2.29. The Hall–Kier alpha value is -0.0500. The summed E-state index contributed by atoms with van der Waals surface area (Å²) in [7, 11) is -2.80. The van der Waals surface area contributed by atoms with Gasteiger partial charge in [0.05, 0.1) is 11.5 Å². The molecule has 0 aromatic rings. The van der Waals surface area contributed by atoms with E-state index in [0.29, 0.717) is 30.1 Å². The van der Waals surface area contributed by atoms with E-state index in [-0.39, 0.29) is 29.9 Å². The molecule has 0 radical (unpaired) electrons. The molecule has 0 aromatic heterocycles. The van der Waals surface area contributed by atoms with Crippen molar-refractivity contribution in [1.29, 1.82) is 0 Å². The highest BCUT2D eigenvalue weighted by molar-refractivity contribution is 14.0. The van der Waals surface area contributed by atoms with Gasteiger partial charge in [0.2, 0.25) is 0 Å². The number of sulfone groups is 1. The number of nitrogens with zero attached hydrogens (tertiary/aromatic N) is 1. The van der Waals surface area contributed by atoms with E-state index in [1.165, 1.54) is 38.5 Å². The fraction of sp³-hybridized carbons (Fsp3) is 0.938. The molecule has 7 heteroatoms. The minimum absolute atomic E-state index is 0. The summed E-state index contributed by atoms with van der Waals surface area (Å²) in [6.07, 6.45) is 8.36. The highest BCUT2D eigenvalue weighted by Gasteiger charge is 2.34. The van der Waals surface area contributed by atoms with Crippen LogP contribution in [-0.2, 0) is 9.84 Å². The van der Waals surface area contributed by atoms with Crippen LogP contribution in [0.25, 0.3) is 0 Å². The molecule has 3 atom stereocenters. The number of hydrogen-bond donors (Lipinski definition) is 2. The van der Waals surface area contributed by atoms with Crippen molar-refractivity contribution in [3.8, 4) is 0 Å². The van der Waals surface area contributed by atoms with Gasteiger partial charge in [-0.2, -0.15) is 0 Å². The Morgan fingerprint density at radius 2 is 1.83 bits per heavy atom. The Morgan fingerprint density at radius 3 is 2.39 bits per heavy atom. The summed E-state index contributed by atoms with van der Waals surface area (Å²) in [5.41, 5.74) is 0. The van der Waals surface area contributed by atoms with Crippen molar-refractivity contribution in [2.75, 3.05) is 18.1 Å². The van der Waals surface area contributed by atoms with E-state index < -0.39 is 9.84 Å². The largest absolute Gasteiger partial charge is 0.354 e. The average Bonchev–Trinajstić information content (AvgIpc) is 3.05. The highest BCUT2D eigenvalue weighted by atomic mass is 127. The van der Waals surface area contributed by atoms with Crippen molar-refractivity contribution in [3.63, 3.8) is 0 Å². The zero-order chi connectivity index (χ0) is 15.6. The number of aliphatic imine (C=N–C) groups is 1.